The second-order valence-corrected chi connectivity index (χ2v) is 26.0. The minimum atomic E-state index is -0.685. The van der Waals surface area contributed by atoms with Crippen LogP contribution in [0.15, 0.2) is 0 Å². The first-order chi connectivity index (χ1) is 34.9. The molecule has 2 atom stereocenters. The molecule has 1 fully saturated rings. The quantitative estimate of drug-likeness (QED) is 0.127. The molecule has 0 bridgehead atoms. The lowest BCUT2D eigenvalue weighted by Gasteiger charge is -2.50. The van der Waals surface area contributed by atoms with Crippen LogP contribution in [0.3, 0.4) is 0 Å². The van der Waals surface area contributed by atoms with Crippen molar-refractivity contribution in [2.75, 3.05) is 6.61 Å². The van der Waals surface area contributed by atoms with Gasteiger partial charge in [0.2, 0.25) is 0 Å². The SMILES string of the molecule is CCCCO[C@@H]1OC23c4c5c6c7c8c9c(c%10c%11c2c2c4c4c%12c5c5c6c6c8c8c%13c9c9c%10c%10c%11c%11c2c2c4c4c%12c%12c5c5c6c8c6c8c%13c9c9c%10c%10c%11c2c2c4c4c%12c5c6c5c8c9c%10c2c45)C73[C@H]1CC. The fourth-order valence-electron chi connectivity index (χ4n) is 25.5. The topological polar surface area (TPSA) is 18.5 Å². The van der Waals surface area contributed by atoms with E-state index < -0.39 is 11.0 Å². The summed E-state index contributed by atoms with van der Waals surface area (Å²) in [7, 11) is 0. The third-order valence-corrected chi connectivity index (χ3v) is 25.7. The minimum Gasteiger partial charge on any atom is -0.352 e. The lowest BCUT2D eigenvalue weighted by Crippen LogP contribution is -2.52. The monoisotopic (exact) mass is 864 g/mol. The molecule has 0 radical (unpaired) electrons. The Balaban J connectivity index is 1.17. The molecule has 5 aliphatic rings. The predicted octanol–water partition coefficient (Wildman–Crippen LogP) is 18.5. The molecule has 0 aromatic heterocycles. The van der Waals surface area contributed by atoms with Gasteiger partial charge in [0.25, 0.3) is 0 Å². The zero-order valence-corrected chi connectivity index (χ0v) is 36.8. The van der Waals surface area contributed by atoms with Crippen LogP contribution in [0.25, 0.3) is 291 Å². The van der Waals surface area contributed by atoms with Crippen LogP contribution in [0.2, 0.25) is 0 Å². The Morgan fingerprint density at radius 1 is 0.286 bits per heavy atom. The van der Waals surface area contributed by atoms with E-state index in [0.29, 0.717) is 0 Å². The highest BCUT2D eigenvalue weighted by molar-refractivity contribution is 6.82. The molecular formula is C68H16O2. The summed E-state index contributed by atoms with van der Waals surface area (Å²) >= 11 is 0. The van der Waals surface area contributed by atoms with Crippen molar-refractivity contribution in [2.45, 2.75) is 50.4 Å². The van der Waals surface area contributed by atoms with Gasteiger partial charge in [-0.3, -0.25) is 0 Å². The van der Waals surface area contributed by atoms with Gasteiger partial charge in [-0.1, -0.05) is 20.3 Å². The van der Waals surface area contributed by atoms with Gasteiger partial charge in [0.05, 0.1) is 5.41 Å². The summed E-state index contributed by atoms with van der Waals surface area (Å²) in [6, 6.07) is 0. The molecule has 2 spiro atoms. The van der Waals surface area contributed by atoms with E-state index in [0.717, 1.165) is 25.9 Å². The molecule has 0 N–H and O–H groups in total. The lowest BCUT2D eigenvalue weighted by molar-refractivity contribution is -0.172. The van der Waals surface area contributed by atoms with Gasteiger partial charge in [0, 0.05) is 23.7 Å². The number of hydrogen-bond donors (Lipinski definition) is 0. The van der Waals surface area contributed by atoms with Gasteiger partial charge in [0.15, 0.2) is 6.29 Å². The molecule has 70 heavy (non-hydrogen) atoms. The number of ether oxygens (including phenoxy) is 2. The van der Waals surface area contributed by atoms with Crippen molar-refractivity contribution in [3.8, 4) is 0 Å². The molecule has 28 aromatic rings. The Labute approximate surface area is 383 Å². The molecule has 1 heterocycles. The normalized spacial score (nSPS) is 24.8. The van der Waals surface area contributed by atoms with E-state index in [1.807, 2.05) is 0 Å². The van der Waals surface area contributed by atoms with Crippen LogP contribution in [-0.2, 0) is 20.5 Å². The van der Waals surface area contributed by atoms with Crippen LogP contribution >= 0.6 is 0 Å². The van der Waals surface area contributed by atoms with E-state index in [4.69, 9.17) is 9.47 Å². The number of rotatable bonds is 5. The van der Waals surface area contributed by atoms with Crippen molar-refractivity contribution < 1.29 is 9.47 Å². The van der Waals surface area contributed by atoms with Crippen LogP contribution in [0, 0.1) is 5.92 Å². The summed E-state index contributed by atoms with van der Waals surface area (Å²) in [5.41, 5.74) is 5.46. The zero-order chi connectivity index (χ0) is 41.9. The molecule has 1 aliphatic heterocycles. The Hall–Kier alpha value is -7.62. The average molecular weight is 865 g/mol. The first kappa shape index (κ1) is 27.0. The van der Waals surface area contributed by atoms with Crippen LogP contribution in [-0.4, -0.2) is 12.9 Å². The van der Waals surface area contributed by atoms with Crippen LogP contribution in [0.4, 0.5) is 0 Å². The van der Waals surface area contributed by atoms with E-state index in [1.165, 1.54) is 0 Å². The maximum Gasteiger partial charge on any atom is 0.163 e. The summed E-state index contributed by atoms with van der Waals surface area (Å²) in [4.78, 5) is 0. The summed E-state index contributed by atoms with van der Waals surface area (Å²) in [6.45, 7) is 5.60. The highest BCUT2D eigenvalue weighted by Crippen LogP contribution is 2.87. The molecule has 33 rings (SSSR count). The second kappa shape index (κ2) is 6.17. The molecular weight excluding hydrogens is 849 g/mol. The Morgan fingerprint density at radius 2 is 0.486 bits per heavy atom. The van der Waals surface area contributed by atoms with Crippen molar-refractivity contribution >= 4 is 291 Å². The fraction of sp³-hybridized carbons (Fsp3) is 0.147. The first-order valence-corrected chi connectivity index (χ1v) is 26.9. The molecule has 4 aliphatic carbocycles. The first-order valence-electron chi connectivity index (χ1n) is 26.9. The number of unbranched alkanes of at least 4 members (excludes halogenated alkanes) is 1. The van der Waals surface area contributed by atoms with Crippen LogP contribution < -0.4 is 0 Å². The third-order valence-electron chi connectivity index (χ3n) is 25.7. The molecule has 2 nitrogen and oxygen atoms in total. The van der Waals surface area contributed by atoms with Crippen molar-refractivity contribution in [1.29, 1.82) is 0 Å². The summed E-state index contributed by atoms with van der Waals surface area (Å²) < 4.78 is 16.1. The van der Waals surface area contributed by atoms with Gasteiger partial charge in [-0.05, 0) is 315 Å². The maximum atomic E-state index is 8.67. The molecule has 300 valence electrons. The van der Waals surface area contributed by atoms with Gasteiger partial charge in [0.1, 0.15) is 5.60 Å². The smallest absolute Gasteiger partial charge is 0.163 e. The van der Waals surface area contributed by atoms with Crippen molar-refractivity contribution in [2.24, 2.45) is 5.92 Å². The third kappa shape index (κ3) is 1.42. The van der Waals surface area contributed by atoms with Crippen molar-refractivity contribution in [3.05, 3.63) is 22.3 Å². The van der Waals surface area contributed by atoms with E-state index in [2.05, 4.69) is 13.8 Å². The van der Waals surface area contributed by atoms with Gasteiger partial charge in [-0.2, -0.15) is 0 Å². The molecule has 1 saturated heterocycles. The zero-order valence-electron chi connectivity index (χ0n) is 36.8. The predicted molar refractivity (Wildman–Crippen MR) is 293 cm³/mol. The van der Waals surface area contributed by atoms with E-state index in [-0.39, 0.29) is 12.2 Å². The maximum absolute atomic E-state index is 8.67. The molecule has 2 heteroatoms. The highest BCUT2D eigenvalue weighted by atomic mass is 16.7. The molecule has 0 saturated carbocycles. The standard InChI is InChI=1S/C68H16O2/c1-3-5-6-69-66-7(4-2)67-62-54-46-36-26-18-10-8-9-12-16-14(10)22-30-24(16)34-28-20(12)21-13(9)17-15-11(8)19(18)27-33-23(15)31-25(17)35-29(21)39-38(28)50-44(34)52-42(30)48(40(46)32(22)26)56(62)58(52)64-60(50)61-51(39)45(35)53-43(31)49-41(33)47(37(27)36)55(54)63(67)57(49)59(53)65(61)68(64,67)70-66/h7,66H,3-6H2,1-2H3/t7-,66+,67?,68?/m0/s1. The molecule has 0 unspecified atom stereocenters. The molecule has 0 amide bonds. The summed E-state index contributed by atoms with van der Waals surface area (Å²) in [5.74, 6) is 0.167. The average Bonchev–Trinajstić information content (AvgIpc) is 4.30. The van der Waals surface area contributed by atoms with E-state index >= 15 is 0 Å². The minimum absolute atomic E-state index is 0.167. The van der Waals surface area contributed by atoms with Crippen LogP contribution in [0.5, 0.6) is 0 Å². The van der Waals surface area contributed by atoms with Gasteiger partial charge >= 0.3 is 0 Å². The Bertz CT molecular complexity index is 6920. The summed E-state index contributed by atoms with van der Waals surface area (Å²) in [5, 5.41) is 88.6. The second-order valence-electron chi connectivity index (χ2n) is 26.0. The van der Waals surface area contributed by atoms with Gasteiger partial charge < -0.3 is 9.47 Å². The largest absolute Gasteiger partial charge is 0.352 e. The fourth-order valence-corrected chi connectivity index (χ4v) is 25.5. The number of benzene rings is 18. The molecule has 28 aromatic carbocycles. The van der Waals surface area contributed by atoms with Crippen LogP contribution in [0.1, 0.15) is 55.4 Å². The van der Waals surface area contributed by atoms with Gasteiger partial charge in [-0.25, -0.2) is 0 Å². The van der Waals surface area contributed by atoms with Gasteiger partial charge in [-0.15, -0.1) is 0 Å². The Kier molecular flexibility index (Phi) is 2.38. The van der Waals surface area contributed by atoms with E-state index in [9.17, 15) is 0 Å². The summed E-state index contributed by atoms with van der Waals surface area (Å²) in [6.07, 6.45) is 2.92. The van der Waals surface area contributed by atoms with Crippen molar-refractivity contribution in [3.63, 3.8) is 0 Å². The Morgan fingerprint density at radius 3 is 0.686 bits per heavy atom. The van der Waals surface area contributed by atoms with E-state index in [1.54, 1.807) is 313 Å². The van der Waals surface area contributed by atoms with Crippen molar-refractivity contribution in [1.82, 2.24) is 0 Å². The number of hydrogen-bond acceptors (Lipinski definition) is 2. The lowest BCUT2D eigenvalue weighted by atomic mass is 9.51. The highest BCUT2D eigenvalue weighted by Gasteiger charge is 2.77.